The van der Waals surface area contributed by atoms with E-state index in [1.165, 1.54) is 4.90 Å². The second-order valence-electron chi connectivity index (χ2n) is 20.6. The predicted octanol–water partition coefficient (Wildman–Crippen LogP) is 8.36. The lowest BCUT2D eigenvalue weighted by Crippen LogP contribution is -2.55. The Morgan fingerprint density at radius 3 is 2.55 bits per heavy atom. The summed E-state index contributed by atoms with van der Waals surface area (Å²) >= 11 is 6.80. The van der Waals surface area contributed by atoms with Crippen molar-refractivity contribution in [2.24, 2.45) is 0 Å². The van der Waals surface area contributed by atoms with Gasteiger partial charge in [0, 0.05) is 74.1 Å². The van der Waals surface area contributed by atoms with Crippen molar-refractivity contribution in [3.05, 3.63) is 95.0 Å². The van der Waals surface area contributed by atoms with E-state index >= 15 is 0 Å². The summed E-state index contributed by atoms with van der Waals surface area (Å²) in [5.41, 5.74) is 4.59. The van der Waals surface area contributed by atoms with Crippen LogP contribution in [0.4, 0.5) is 39.0 Å². The first kappa shape index (κ1) is 53.1. The lowest BCUT2D eigenvalue weighted by Gasteiger charge is -2.43. The summed E-state index contributed by atoms with van der Waals surface area (Å²) in [6.07, 6.45) is 11.0. The highest BCUT2D eigenvalue weighted by Crippen LogP contribution is 2.42. The van der Waals surface area contributed by atoms with E-state index in [0.29, 0.717) is 91.6 Å². The number of carbonyl (C=O) groups excluding carboxylic acids is 3. The van der Waals surface area contributed by atoms with E-state index in [4.69, 9.17) is 36.0 Å². The number of anilines is 6. The van der Waals surface area contributed by atoms with Crippen molar-refractivity contribution in [3.63, 3.8) is 0 Å². The molecule has 5 aliphatic rings. The van der Waals surface area contributed by atoms with Crippen molar-refractivity contribution in [3.8, 4) is 17.8 Å². The predicted molar refractivity (Wildman–Crippen MR) is 296 cm³/mol. The molecule has 5 aromatic rings. The number of benzene rings is 3. The maximum Gasteiger partial charge on any atom is 0.318 e. The lowest BCUT2D eigenvalue weighted by molar-refractivity contribution is -0.131. The molecule has 2 aromatic heterocycles. The largest absolute Gasteiger partial charge is 0.495 e. The molecule has 1 aliphatic carbocycles. The molecule has 0 radical (unpaired) electrons. The molecule has 0 unspecified atom stereocenters. The molecule has 3 amide bonds. The summed E-state index contributed by atoms with van der Waals surface area (Å²) in [6, 6.07) is 19.3. The van der Waals surface area contributed by atoms with Crippen LogP contribution in [0.15, 0.2) is 73.2 Å². The minimum Gasteiger partial charge on any atom is -0.495 e. The maximum absolute atomic E-state index is 14.1. The molecule has 77 heavy (non-hydrogen) atoms. The Morgan fingerprint density at radius 2 is 1.77 bits per heavy atom. The molecule has 404 valence electrons. The van der Waals surface area contributed by atoms with Gasteiger partial charge in [0.1, 0.15) is 29.9 Å². The molecule has 0 bridgehead atoms. The summed E-state index contributed by atoms with van der Waals surface area (Å²) in [7, 11) is 3.35. The first-order valence-corrected chi connectivity index (χ1v) is 27.4. The Labute approximate surface area is 454 Å². The number of fused-ring (bicyclic) bond motifs is 3. The second kappa shape index (κ2) is 23.5. The third-order valence-corrected chi connectivity index (χ3v) is 16.3. The summed E-state index contributed by atoms with van der Waals surface area (Å²) in [4.78, 5) is 71.3. The molecule has 2 N–H and O–H groups in total. The quantitative estimate of drug-likeness (QED) is 0.0629. The monoisotopic (exact) mass is 1070 g/mol. The van der Waals surface area contributed by atoms with Gasteiger partial charge in [-0.2, -0.15) is 20.2 Å². The summed E-state index contributed by atoms with van der Waals surface area (Å²) in [5.74, 6) is 0.317. The molecule has 1 saturated carbocycles. The summed E-state index contributed by atoms with van der Waals surface area (Å²) < 4.78 is 26.4. The number of piperazine rings is 1. The molecule has 18 nitrogen and oxygen atoms in total. The van der Waals surface area contributed by atoms with Gasteiger partial charge in [-0.1, -0.05) is 62.2 Å². The van der Waals surface area contributed by atoms with Crippen LogP contribution in [-0.4, -0.2) is 138 Å². The van der Waals surface area contributed by atoms with Gasteiger partial charge < -0.3 is 44.6 Å². The van der Waals surface area contributed by atoms with Crippen LogP contribution in [0.3, 0.4) is 0 Å². The maximum atomic E-state index is 14.1. The Kier molecular flexibility index (Phi) is 16.2. The number of aromatic nitrogens is 4. The van der Waals surface area contributed by atoms with Gasteiger partial charge in [0.2, 0.25) is 11.9 Å². The minimum atomic E-state index is -1.05. The SMILES string of the molecule is C=C(F)C(=O)N1CCN(c2nc(OC[C@@H]3CCCN3CCCCNC(=O)c3ccc(Nc4ncc5c(n4)N(C4CCCC4)[C@H](CC)C(=O)N5C)c(OC)c3)nc3c2CCN(c2cccc4cccc(Cl)c24)C3)C[C@@H]1CC#N. The van der Waals surface area contributed by atoms with E-state index in [2.05, 4.69) is 66.1 Å². The van der Waals surface area contributed by atoms with Crippen molar-refractivity contribution in [1.82, 2.24) is 35.1 Å². The first-order valence-electron chi connectivity index (χ1n) is 27.1. The molecule has 20 heteroatoms. The average Bonchev–Trinajstić information content (AvgIpc) is 4.16. The number of hydrogen-bond acceptors (Lipinski definition) is 15. The van der Waals surface area contributed by atoms with Crippen LogP contribution in [0, 0.1) is 11.3 Å². The number of nitrogens with zero attached hydrogens (tertiary/aromatic N) is 11. The molecule has 10 rings (SSSR count). The van der Waals surface area contributed by atoms with Crippen molar-refractivity contribution in [2.45, 2.75) is 108 Å². The van der Waals surface area contributed by atoms with Crippen LogP contribution in [0.25, 0.3) is 10.8 Å². The Bertz CT molecular complexity index is 3070. The number of hydrogen-bond donors (Lipinski definition) is 2. The standard InChI is InChI=1S/C57H67ClFN13O5/c1-5-46-55(75)67(3)48-32-62-56(65-52(48)72(46)39-15-6-7-16-39)63-44-21-20-38(31-49(44)76-4)53(73)61-25-8-9-26-68-27-12-17-41(68)35-77-57-64-45-34-69(47-19-11-14-37-13-10-18-43(58)50(37)47)28-23-42(45)51(66-57)70-29-30-71(54(74)36(2)59)40(33-70)22-24-60/h10-11,13-14,18-21,31-32,39-41,46H,2,5-9,12,15-17,22-23,25-30,33-35H2,1,3-4H3,(H,61,73)(H,62,63,65)/t40-,41-,46+/m0/s1. The van der Waals surface area contributed by atoms with E-state index in [1.807, 2.05) is 25.1 Å². The normalized spacial score (nSPS) is 19.8. The van der Waals surface area contributed by atoms with Gasteiger partial charge in [0.05, 0.1) is 54.8 Å². The number of carbonyl (C=O) groups is 3. The molecule has 3 aromatic carbocycles. The third-order valence-electron chi connectivity index (χ3n) is 16.0. The van der Waals surface area contributed by atoms with E-state index in [-0.39, 0.29) is 48.9 Å². The number of ether oxygens (including phenoxy) is 2. The first-order chi connectivity index (χ1) is 37.4. The fourth-order valence-corrected chi connectivity index (χ4v) is 12.3. The van der Waals surface area contributed by atoms with Gasteiger partial charge in [0.15, 0.2) is 11.6 Å². The highest BCUT2D eigenvalue weighted by atomic mass is 35.5. The third kappa shape index (κ3) is 11.1. The van der Waals surface area contributed by atoms with E-state index in [9.17, 15) is 24.0 Å². The second-order valence-corrected chi connectivity index (χ2v) is 21.0. The molecule has 0 spiro atoms. The fraction of sp³-hybridized carbons (Fsp3) is 0.474. The van der Waals surface area contributed by atoms with E-state index < -0.39 is 17.8 Å². The topological polar surface area (TPSA) is 189 Å². The van der Waals surface area contributed by atoms with Gasteiger partial charge in [-0.25, -0.2) is 9.37 Å². The highest BCUT2D eigenvalue weighted by Gasteiger charge is 2.42. The number of rotatable bonds is 18. The number of unbranched alkanes of at least 4 members (excludes halogenated alkanes) is 1. The lowest BCUT2D eigenvalue weighted by atomic mass is 10.0. The molecule has 4 aliphatic heterocycles. The molecular formula is C57H67ClFN13O5. The van der Waals surface area contributed by atoms with Gasteiger partial charge in [0.25, 0.3) is 11.8 Å². The van der Waals surface area contributed by atoms with Crippen LogP contribution < -0.4 is 39.7 Å². The number of likely N-dealkylation sites (N-methyl/N-ethyl adjacent to an activating group) is 1. The fourth-order valence-electron chi connectivity index (χ4n) is 12.0. The van der Waals surface area contributed by atoms with Gasteiger partial charge in [-0.05, 0) is 100 Å². The Morgan fingerprint density at radius 1 is 0.948 bits per heavy atom. The summed E-state index contributed by atoms with van der Waals surface area (Å²) in [5, 5.41) is 18.8. The summed E-state index contributed by atoms with van der Waals surface area (Å²) in [6.45, 7) is 9.98. The van der Waals surface area contributed by atoms with Crippen LogP contribution in [0.1, 0.15) is 92.7 Å². The van der Waals surface area contributed by atoms with Crippen LogP contribution in [0.5, 0.6) is 11.8 Å². The van der Waals surface area contributed by atoms with Crippen LogP contribution in [-0.2, 0) is 22.6 Å². The number of amides is 3. The number of nitrogens with one attached hydrogen (secondary N) is 2. The number of methoxy groups -OCH3 is 1. The highest BCUT2D eigenvalue weighted by molar-refractivity contribution is 6.36. The van der Waals surface area contributed by atoms with Crippen molar-refractivity contribution in [1.29, 1.82) is 5.26 Å². The average molecular weight is 1070 g/mol. The molecule has 2 saturated heterocycles. The molecule has 3 fully saturated rings. The zero-order chi connectivity index (χ0) is 53.7. The van der Waals surface area contributed by atoms with Crippen molar-refractivity contribution < 1.29 is 28.2 Å². The van der Waals surface area contributed by atoms with Gasteiger partial charge in [-0.15, -0.1) is 0 Å². The van der Waals surface area contributed by atoms with Crippen molar-refractivity contribution >= 4 is 74.7 Å². The smallest absolute Gasteiger partial charge is 0.318 e. The number of likely N-dealkylation sites (tertiary alicyclic amines) is 1. The zero-order valence-electron chi connectivity index (χ0n) is 44.1. The minimum absolute atomic E-state index is 0.0324. The van der Waals surface area contributed by atoms with E-state index in [0.717, 1.165) is 98.0 Å². The van der Waals surface area contributed by atoms with Crippen LogP contribution in [0.2, 0.25) is 5.02 Å². The Hall–Kier alpha value is -7.30. The van der Waals surface area contributed by atoms with Crippen molar-refractivity contribution in [2.75, 3.05) is 91.5 Å². The van der Waals surface area contributed by atoms with Gasteiger partial charge >= 0.3 is 6.01 Å². The van der Waals surface area contributed by atoms with E-state index in [1.54, 1.807) is 43.5 Å². The Balaban J connectivity index is 0.763. The number of halogens is 2. The number of nitriles is 1. The van der Waals surface area contributed by atoms with Gasteiger partial charge in [-0.3, -0.25) is 19.3 Å². The molecule has 6 heterocycles. The molecular weight excluding hydrogens is 1000 g/mol. The van der Waals surface area contributed by atoms with Crippen LogP contribution >= 0.6 is 11.6 Å². The molecule has 3 atom stereocenters. The zero-order valence-corrected chi connectivity index (χ0v) is 44.9.